The van der Waals surface area contributed by atoms with Gasteiger partial charge in [-0.1, -0.05) is 0 Å². The zero-order chi connectivity index (χ0) is 12.0. The molecule has 1 aliphatic heterocycles. The van der Waals surface area contributed by atoms with Crippen LogP contribution < -0.4 is 5.32 Å². The van der Waals surface area contributed by atoms with E-state index in [2.05, 4.69) is 43.1 Å². The van der Waals surface area contributed by atoms with E-state index in [1.165, 1.54) is 0 Å². The Kier molecular flexibility index (Phi) is 5.69. The smallest absolute Gasteiger partial charge is 0.0594 e. The minimum Gasteiger partial charge on any atom is -0.379 e. The summed E-state index contributed by atoms with van der Waals surface area (Å²) in [5, 5.41) is 3.53. The van der Waals surface area contributed by atoms with Crippen molar-refractivity contribution in [2.24, 2.45) is 0 Å². The predicted octanol–water partition coefficient (Wildman–Crippen LogP) is 0.248. The second-order valence-corrected chi connectivity index (χ2v) is 5.34. The third kappa shape index (κ3) is 4.78. The molecule has 0 amide bonds. The second kappa shape index (κ2) is 6.55. The Morgan fingerprint density at radius 1 is 1.25 bits per heavy atom. The van der Waals surface area contributed by atoms with Gasteiger partial charge in [-0.05, 0) is 27.9 Å². The molecule has 0 aromatic rings. The Balaban J connectivity index is 2.06. The van der Waals surface area contributed by atoms with Crippen molar-refractivity contribution < 1.29 is 4.74 Å². The number of nitrogens with one attached hydrogen (secondary N) is 1. The van der Waals surface area contributed by atoms with Crippen LogP contribution in [-0.4, -0.2) is 75.4 Å². The number of hydrogen-bond acceptors (Lipinski definition) is 4. The van der Waals surface area contributed by atoms with Crippen molar-refractivity contribution >= 4 is 0 Å². The van der Waals surface area contributed by atoms with E-state index in [-0.39, 0.29) is 5.54 Å². The Morgan fingerprint density at radius 3 is 2.44 bits per heavy atom. The Morgan fingerprint density at radius 2 is 1.88 bits per heavy atom. The van der Waals surface area contributed by atoms with E-state index in [1.54, 1.807) is 0 Å². The summed E-state index contributed by atoms with van der Waals surface area (Å²) in [5.41, 5.74) is 0.227. The van der Waals surface area contributed by atoms with Crippen LogP contribution in [0, 0.1) is 0 Å². The molecule has 1 fully saturated rings. The highest BCUT2D eigenvalue weighted by atomic mass is 16.5. The number of nitrogens with zero attached hydrogens (tertiary/aromatic N) is 2. The lowest BCUT2D eigenvalue weighted by molar-refractivity contribution is 0.0380. The van der Waals surface area contributed by atoms with Crippen molar-refractivity contribution in [1.82, 2.24) is 15.1 Å². The van der Waals surface area contributed by atoms with E-state index < -0.39 is 0 Å². The van der Waals surface area contributed by atoms with Gasteiger partial charge in [0.15, 0.2) is 0 Å². The number of morpholine rings is 1. The first-order valence-electron chi connectivity index (χ1n) is 6.20. The van der Waals surface area contributed by atoms with E-state index in [0.717, 1.165) is 45.9 Å². The molecular formula is C12H27N3O. The summed E-state index contributed by atoms with van der Waals surface area (Å²) in [6.07, 6.45) is 0. The zero-order valence-electron chi connectivity index (χ0n) is 11.3. The van der Waals surface area contributed by atoms with Crippen molar-refractivity contribution in [3.05, 3.63) is 0 Å². The largest absolute Gasteiger partial charge is 0.379 e. The van der Waals surface area contributed by atoms with Gasteiger partial charge in [0.1, 0.15) is 0 Å². The van der Waals surface area contributed by atoms with E-state index in [9.17, 15) is 0 Å². The molecule has 0 aromatic heterocycles. The monoisotopic (exact) mass is 229 g/mol. The zero-order valence-corrected chi connectivity index (χ0v) is 11.3. The molecule has 1 heterocycles. The Labute approximate surface area is 99.9 Å². The SMILES string of the molecule is CN(C)C(C)(C)CNCCN1CCOCC1. The molecule has 0 aliphatic carbocycles. The number of hydrogen-bond donors (Lipinski definition) is 1. The van der Waals surface area contributed by atoms with Gasteiger partial charge in [0.05, 0.1) is 13.2 Å². The molecule has 0 radical (unpaired) electrons. The van der Waals surface area contributed by atoms with Gasteiger partial charge in [-0.2, -0.15) is 0 Å². The van der Waals surface area contributed by atoms with Crippen LogP contribution >= 0.6 is 0 Å². The third-order valence-corrected chi connectivity index (χ3v) is 3.48. The van der Waals surface area contributed by atoms with Crippen LogP contribution in [0.25, 0.3) is 0 Å². The minimum atomic E-state index is 0.227. The maximum Gasteiger partial charge on any atom is 0.0594 e. The maximum atomic E-state index is 5.32. The molecule has 0 saturated carbocycles. The first-order chi connectivity index (χ1) is 7.52. The van der Waals surface area contributed by atoms with Crippen molar-refractivity contribution in [1.29, 1.82) is 0 Å². The lowest BCUT2D eigenvalue weighted by Gasteiger charge is -2.33. The molecule has 1 saturated heterocycles. The average molecular weight is 229 g/mol. The molecule has 96 valence electrons. The van der Waals surface area contributed by atoms with Crippen molar-refractivity contribution in [3.8, 4) is 0 Å². The van der Waals surface area contributed by atoms with Crippen LogP contribution in [0.5, 0.6) is 0 Å². The third-order valence-electron chi connectivity index (χ3n) is 3.48. The standard InChI is InChI=1S/C12H27N3O/c1-12(2,14(3)4)11-13-5-6-15-7-9-16-10-8-15/h13H,5-11H2,1-4H3. The second-order valence-electron chi connectivity index (χ2n) is 5.34. The highest BCUT2D eigenvalue weighted by Gasteiger charge is 2.19. The molecule has 1 N–H and O–H groups in total. The van der Waals surface area contributed by atoms with Gasteiger partial charge in [0, 0.05) is 38.3 Å². The predicted molar refractivity (Wildman–Crippen MR) is 67.9 cm³/mol. The molecule has 1 aliphatic rings. The van der Waals surface area contributed by atoms with Gasteiger partial charge >= 0.3 is 0 Å². The van der Waals surface area contributed by atoms with Gasteiger partial charge in [0.2, 0.25) is 0 Å². The van der Waals surface area contributed by atoms with Crippen molar-refractivity contribution in [2.45, 2.75) is 19.4 Å². The summed E-state index contributed by atoms with van der Waals surface area (Å²) < 4.78 is 5.32. The van der Waals surface area contributed by atoms with Crippen molar-refractivity contribution in [3.63, 3.8) is 0 Å². The molecule has 0 bridgehead atoms. The van der Waals surface area contributed by atoms with Crippen LogP contribution in [0.15, 0.2) is 0 Å². The Bertz CT molecular complexity index is 189. The van der Waals surface area contributed by atoms with Crippen LogP contribution in [0.1, 0.15) is 13.8 Å². The summed E-state index contributed by atoms with van der Waals surface area (Å²) in [6.45, 7) is 11.7. The molecule has 1 rings (SSSR count). The number of ether oxygens (including phenoxy) is 1. The highest BCUT2D eigenvalue weighted by molar-refractivity contribution is 4.79. The van der Waals surface area contributed by atoms with Gasteiger partial charge in [-0.25, -0.2) is 0 Å². The topological polar surface area (TPSA) is 27.7 Å². The summed E-state index contributed by atoms with van der Waals surface area (Å²) in [6, 6.07) is 0. The van der Waals surface area contributed by atoms with E-state index in [1.807, 2.05) is 0 Å². The van der Waals surface area contributed by atoms with Crippen molar-refractivity contribution in [2.75, 3.05) is 60.0 Å². The van der Waals surface area contributed by atoms with Gasteiger partial charge < -0.3 is 15.0 Å². The van der Waals surface area contributed by atoms with Crippen LogP contribution in [0.4, 0.5) is 0 Å². The quantitative estimate of drug-likeness (QED) is 0.661. The summed E-state index contributed by atoms with van der Waals surface area (Å²) in [7, 11) is 4.26. The van der Waals surface area contributed by atoms with Gasteiger partial charge in [0.25, 0.3) is 0 Å². The van der Waals surface area contributed by atoms with Crippen LogP contribution in [-0.2, 0) is 4.74 Å². The van der Waals surface area contributed by atoms with Gasteiger partial charge in [-0.3, -0.25) is 4.90 Å². The molecular weight excluding hydrogens is 202 g/mol. The lowest BCUT2D eigenvalue weighted by Crippen LogP contribution is -2.48. The minimum absolute atomic E-state index is 0.227. The Hall–Kier alpha value is -0.160. The summed E-state index contributed by atoms with van der Waals surface area (Å²) in [4.78, 5) is 4.72. The first kappa shape index (κ1) is 13.9. The fraction of sp³-hybridized carbons (Fsp3) is 1.00. The normalized spacial score (nSPS) is 19.3. The summed E-state index contributed by atoms with van der Waals surface area (Å²) in [5.74, 6) is 0. The molecule has 4 heteroatoms. The van der Waals surface area contributed by atoms with Crippen LogP contribution in [0.3, 0.4) is 0 Å². The summed E-state index contributed by atoms with van der Waals surface area (Å²) >= 11 is 0. The van der Waals surface area contributed by atoms with Crippen LogP contribution in [0.2, 0.25) is 0 Å². The van der Waals surface area contributed by atoms with E-state index >= 15 is 0 Å². The number of likely N-dealkylation sites (N-methyl/N-ethyl adjacent to an activating group) is 1. The van der Waals surface area contributed by atoms with Gasteiger partial charge in [-0.15, -0.1) is 0 Å². The maximum absolute atomic E-state index is 5.32. The fourth-order valence-corrected chi connectivity index (χ4v) is 1.61. The molecule has 0 aromatic carbocycles. The fourth-order valence-electron chi connectivity index (χ4n) is 1.61. The molecule has 0 spiro atoms. The molecule has 4 nitrogen and oxygen atoms in total. The molecule has 0 atom stereocenters. The van der Waals surface area contributed by atoms with E-state index in [4.69, 9.17) is 4.74 Å². The van der Waals surface area contributed by atoms with E-state index in [0.29, 0.717) is 0 Å². The average Bonchev–Trinajstić information content (AvgIpc) is 2.26. The highest BCUT2D eigenvalue weighted by Crippen LogP contribution is 2.07. The molecule has 16 heavy (non-hydrogen) atoms. The lowest BCUT2D eigenvalue weighted by atomic mass is 10.0. The first-order valence-corrected chi connectivity index (χ1v) is 6.20. The molecule has 0 unspecified atom stereocenters. The number of rotatable bonds is 6.